The Morgan fingerprint density at radius 2 is 2.12 bits per heavy atom. The second kappa shape index (κ2) is 6.45. The predicted molar refractivity (Wildman–Crippen MR) is 59.8 cm³/mol. The van der Waals surface area contributed by atoms with Crippen molar-refractivity contribution in [3.8, 4) is 0 Å². The lowest BCUT2D eigenvalue weighted by molar-refractivity contribution is -0.140. The lowest BCUT2D eigenvalue weighted by Gasteiger charge is -2.08. The number of nitrogens with one attached hydrogen (secondary N) is 1. The Hall–Kier alpha value is -1.13. The van der Waals surface area contributed by atoms with Crippen LogP contribution in [-0.2, 0) is 16.1 Å². The third kappa shape index (κ3) is 4.16. The van der Waals surface area contributed by atoms with E-state index < -0.39 is 11.3 Å². The number of halogens is 2. The first-order valence-corrected chi connectivity index (χ1v) is 5.24. The molecule has 1 aromatic rings. The standard InChI is InChI=1S/C11H13ClFNO2/c1-16-11(15)10(12)7-14-6-8-2-4-9(13)5-3-8/h2-5,10,14H,6-7H2,1H3. The molecule has 1 atom stereocenters. The first kappa shape index (κ1) is 12.9. The van der Waals surface area contributed by atoms with Crippen LogP contribution in [0.25, 0.3) is 0 Å². The molecule has 1 aromatic carbocycles. The molecule has 0 aliphatic rings. The largest absolute Gasteiger partial charge is 0.468 e. The smallest absolute Gasteiger partial charge is 0.325 e. The molecule has 1 rings (SSSR count). The van der Waals surface area contributed by atoms with Crippen LogP contribution >= 0.6 is 11.6 Å². The second-order valence-corrected chi connectivity index (χ2v) is 3.77. The van der Waals surface area contributed by atoms with E-state index in [4.69, 9.17) is 11.6 Å². The van der Waals surface area contributed by atoms with Crippen molar-refractivity contribution in [2.75, 3.05) is 13.7 Å². The fourth-order valence-corrected chi connectivity index (χ4v) is 1.35. The van der Waals surface area contributed by atoms with E-state index in [1.165, 1.54) is 19.2 Å². The predicted octanol–water partition coefficient (Wildman–Crippen LogP) is 1.70. The van der Waals surface area contributed by atoms with Crippen LogP contribution in [0.3, 0.4) is 0 Å². The molecule has 0 fully saturated rings. The van der Waals surface area contributed by atoms with Crippen molar-refractivity contribution in [1.82, 2.24) is 5.32 Å². The lowest BCUT2D eigenvalue weighted by atomic mass is 10.2. The van der Waals surface area contributed by atoms with Gasteiger partial charge in [0.05, 0.1) is 7.11 Å². The monoisotopic (exact) mass is 245 g/mol. The first-order valence-electron chi connectivity index (χ1n) is 4.80. The highest BCUT2D eigenvalue weighted by Crippen LogP contribution is 2.03. The van der Waals surface area contributed by atoms with E-state index in [9.17, 15) is 9.18 Å². The average Bonchev–Trinajstić information content (AvgIpc) is 2.30. The molecule has 1 N–H and O–H groups in total. The number of benzene rings is 1. The number of hydrogen-bond acceptors (Lipinski definition) is 3. The molecule has 0 aromatic heterocycles. The van der Waals surface area contributed by atoms with Crippen LogP contribution < -0.4 is 5.32 Å². The molecule has 0 saturated heterocycles. The van der Waals surface area contributed by atoms with E-state index in [0.29, 0.717) is 13.1 Å². The molecule has 0 aliphatic heterocycles. The number of carbonyl (C=O) groups excluding carboxylic acids is 1. The van der Waals surface area contributed by atoms with Crippen LogP contribution in [0, 0.1) is 5.82 Å². The Morgan fingerprint density at radius 3 is 2.69 bits per heavy atom. The Labute approximate surface area is 98.5 Å². The summed E-state index contributed by atoms with van der Waals surface area (Å²) in [5.74, 6) is -0.734. The molecule has 0 heterocycles. The van der Waals surface area contributed by atoms with Gasteiger partial charge in [-0.05, 0) is 17.7 Å². The Morgan fingerprint density at radius 1 is 1.50 bits per heavy atom. The van der Waals surface area contributed by atoms with Gasteiger partial charge in [0.2, 0.25) is 0 Å². The SMILES string of the molecule is COC(=O)C(Cl)CNCc1ccc(F)cc1. The molecule has 0 amide bonds. The van der Waals surface area contributed by atoms with Crippen LogP contribution in [0.4, 0.5) is 4.39 Å². The second-order valence-electron chi connectivity index (χ2n) is 3.25. The van der Waals surface area contributed by atoms with E-state index in [-0.39, 0.29) is 5.82 Å². The topological polar surface area (TPSA) is 38.3 Å². The van der Waals surface area contributed by atoms with Crippen LogP contribution in [0.2, 0.25) is 0 Å². The number of methoxy groups -OCH3 is 1. The number of hydrogen-bond donors (Lipinski definition) is 1. The normalized spacial score (nSPS) is 12.2. The van der Waals surface area contributed by atoms with Crippen LogP contribution in [0.5, 0.6) is 0 Å². The third-order valence-electron chi connectivity index (χ3n) is 2.02. The molecule has 0 bridgehead atoms. The molecular formula is C11H13ClFNO2. The maximum Gasteiger partial charge on any atom is 0.325 e. The first-order chi connectivity index (χ1) is 7.63. The van der Waals surface area contributed by atoms with Gasteiger partial charge in [-0.25, -0.2) is 4.39 Å². The number of carbonyl (C=O) groups is 1. The minimum atomic E-state index is -0.703. The van der Waals surface area contributed by atoms with E-state index in [0.717, 1.165) is 5.56 Å². The zero-order chi connectivity index (χ0) is 12.0. The van der Waals surface area contributed by atoms with Crippen molar-refractivity contribution >= 4 is 17.6 Å². The highest BCUT2D eigenvalue weighted by molar-refractivity contribution is 6.30. The number of esters is 1. The van der Waals surface area contributed by atoms with Crippen molar-refractivity contribution in [3.63, 3.8) is 0 Å². The third-order valence-corrected chi connectivity index (χ3v) is 2.36. The van der Waals surface area contributed by atoms with Crippen LogP contribution in [0.1, 0.15) is 5.56 Å². The van der Waals surface area contributed by atoms with Gasteiger partial charge in [0.15, 0.2) is 0 Å². The maximum atomic E-state index is 12.6. The highest BCUT2D eigenvalue weighted by atomic mass is 35.5. The summed E-state index contributed by atoms with van der Waals surface area (Å²) in [6.07, 6.45) is 0. The summed E-state index contributed by atoms with van der Waals surface area (Å²) in [7, 11) is 1.29. The van der Waals surface area contributed by atoms with Gasteiger partial charge in [0.1, 0.15) is 11.2 Å². The molecule has 1 unspecified atom stereocenters. The minimum absolute atomic E-state index is 0.270. The van der Waals surface area contributed by atoms with Crippen molar-refractivity contribution < 1.29 is 13.9 Å². The van der Waals surface area contributed by atoms with Gasteiger partial charge in [0.25, 0.3) is 0 Å². The number of rotatable bonds is 5. The Kier molecular flexibility index (Phi) is 5.22. The van der Waals surface area contributed by atoms with Gasteiger partial charge in [-0.15, -0.1) is 11.6 Å². The molecule has 0 aliphatic carbocycles. The van der Waals surface area contributed by atoms with Crippen molar-refractivity contribution in [1.29, 1.82) is 0 Å². The molecule has 5 heteroatoms. The Balaban J connectivity index is 2.30. The van der Waals surface area contributed by atoms with Crippen LogP contribution in [0.15, 0.2) is 24.3 Å². The molecule has 0 spiro atoms. The van der Waals surface area contributed by atoms with Gasteiger partial charge in [-0.3, -0.25) is 4.79 Å². The molecule has 0 radical (unpaired) electrons. The van der Waals surface area contributed by atoms with Crippen LogP contribution in [-0.4, -0.2) is 25.0 Å². The van der Waals surface area contributed by atoms with Crippen molar-refractivity contribution in [2.45, 2.75) is 11.9 Å². The molecule has 0 saturated carbocycles. The van der Waals surface area contributed by atoms with Gasteiger partial charge in [-0.1, -0.05) is 12.1 Å². The lowest BCUT2D eigenvalue weighted by Crippen LogP contribution is -2.29. The average molecular weight is 246 g/mol. The fraction of sp³-hybridized carbons (Fsp3) is 0.364. The Bertz CT molecular complexity index is 342. The molecule has 16 heavy (non-hydrogen) atoms. The van der Waals surface area contributed by atoms with Gasteiger partial charge >= 0.3 is 5.97 Å². The van der Waals surface area contributed by atoms with Gasteiger partial charge < -0.3 is 10.1 Å². The van der Waals surface area contributed by atoms with E-state index in [1.54, 1.807) is 12.1 Å². The number of alkyl halides is 1. The highest BCUT2D eigenvalue weighted by Gasteiger charge is 2.14. The molecule has 3 nitrogen and oxygen atoms in total. The van der Waals surface area contributed by atoms with Crippen molar-refractivity contribution in [2.24, 2.45) is 0 Å². The van der Waals surface area contributed by atoms with Crippen molar-refractivity contribution in [3.05, 3.63) is 35.6 Å². The molecule has 88 valence electrons. The zero-order valence-electron chi connectivity index (χ0n) is 8.87. The maximum absolute atomic E-state index is 12.6. The summed E-state index contributed by atoms with van der Waals surface area (Å²) in [4.78, 5) is 11.0. The summed E-state index contributed by atoms with van der Waals surface area (Å²) in [5.41, 5.74) is 0.926. The molecular weight excluding hydrogens is 233 g/mol. The quantitative estimate of drug-likeness (QED) is 0.634. The number of ether oxygens (including phenoxy) is 1. The van der Waals surface area contributed by atoms with E-state index in [2.05, 4.69) is 10.1 Å². The fourth-order valence-electron chi connectivity index (χ4n) is 1.16. The van der Waals surface area contributed by atoms with E-state index in [1.807, 2.05) is 0 Å². The van der Waals surface area contributed by atoms with Gasteiger partial charge in [0, 0.05) is 13.1 Å². The summed E-state index contributed by atoms with van der Waals surface area (Å²) in [6, 6.07) is 6.11. The zero-order valence-corrected chi connectivity index (χ0v) is 9.63. The summed E-state index contributed by atoms with van der Waals surface area (Å²) in [5, 5.41) is 2.28. The minimum Gasteiger partial charge on any atom is -0.468 e. The summed E-state index contributed by atoms with van der Waals surface area (Å²) in [6.45, 7) is 0.839. The summed E-state index contributed by atoms with van der Waals surface area (Å²) >= 11 is 5.73. The van der Waals surface area contributed by atoms with E-state index >= 15 is 0 Å². The van der Waals surface area contributed by atoms with Gasteiger partial charge in [-0.2, -0.15) is 0 Å². The summed E-state index contributed by atoms with van der Waals surface area (Å²) < 4.78 is 17.1.